The summed E-state index contributed by atoms with van der Waals surface area (Å²) in [6, 6.07) is 8.25. The Labute approximate surface area is 192 Å². The van der Waals surface area contributed by atoms with Gasteiger partial charge in [-0.15, -0.1) is 0 Å². The Morgan fingerprint density at radius 1 is 1.12 bits per heavy atom. The van der Waals surface area contributed by atoms with Gasteiger partial charge in [0.2, 0.25) is 11.8 Å². The molecule has 2 fully saturated rings. The molecule has 1 N–H and O–H groups in total. The summed E-state index contributed by atoms with van der Waals surface area (Å²) in [4.78, 5) is 27.8. The van der Waals surface area contributed by atoms with E-state index in [1.807, 2.05) is 19.9 Å². The first-order valence-corrected chi connectivity index (χ1v) is 12.3. The van der Waals surface area contributed by atoms with E-state index in [1.165, 1.54) is 18.4 Å². The molecule has 0 unspecified atom stereocenters. The lowest BCUT2D eigenvalue weighted by Gasteiger charge is -2.45. The third-order valence-corrected chi connectivity index (χ3v) is 7.76. The molecule has 2 aliphatic carbocycles. The van der Waals surface area contributed by atoms with Gasteiger partial charge in [0.15, 0.2) is 0 Å². The molecule has 6 nitrogen and oxygen atoms in total. The molecular formula is C26H38N2O4. The lowest BCUT2D eigenvalue weighted by Crippen LogP contribution is -2.53. The summed E-state index contributed by atoms with van der Waals surface area (Å²) in [6.07, 6.45) is 5.97. The molecule has 4 rings (SSSR count). The van der Waals surface area contributed by atoms with Crippen molar-refractivity contribution in [3.8, 4) is 0 Å². The summed E-state index contributed by atoms with van der Waals surface area (Å²) < 4.78 is 11.7. The highest BCUT2D eigenvalue weighted by molar-refractivity contribution is 5.80. The van der Waals surface area contributed by atoms with Gasteiger partial charge in [0, 0.05) is 37.5 Å². The Morgan fingerprint density at radius 2 is 1.81 bits per heavy atom. The van der Waals surface area contributed by atoms with Crippen LogP contribution in [-0.2, 0) is 24.5 Å². The number of nitrogens with one attached hydrogen (secondary N) is 1. The molecule has 2 amide bonds. The van der Waals surface area contributed by atoms with Crippen molar-refractivity contribution in [2.75, 3.05) is 33.4 Å². The molecule has 1 aromatic rings. The third-order valence-electron chi connectivity index (χ3n) is 7.76. The number of ether oxygens (including phenoxy) is 2. The first-order valence-electron chi connectivity index (χ1n) is 12.3. The quantitative estimate of drug-likeness (QED) is 0.655. The monoisotopic (exact) mass is 442 g/mol. The average Bonchev–Trinajstić information content (AvgIpc) is 3.42. The van der Waals surface area contributed by atoms with Crippen molar-refractivity contribution in [1.82, 2.24) is 10.2 Å². The van der Waals surface area contributed by atoms with Gasteiger partial charge in [-0.1, -0.05) is 51.0 Å². The van der Waals surface area contributed by atoms with Crippen LogP contribution in [0.5, 0.6) is 0 Å². The second kappa shape index (κ2) is 9.92. The van der Waals surface area contributed by atoms with Crippen molar-refractivity contribution in [2.45, 2.75) is 69.9 Å². The smallest absolute Gasteiger partial charge is 0.225 e. The van der Waals surface area contributed by atoms with Crippen LogP contribution in [0.3, 0.4) is 0 Å². The average molecular weight is 443 g/mol. The molecule has 32 heavy (non-hydrogen) atoms. The summed E-state index contributed by atoms with van der Waals surface area (Å²) in [6.45, 7) is 6.33. The summed E-state index contributed by atoms with van der Waals surface area (Å²) in [5, 5.41) is 3.28. The third kappa shape index (κ3) is 4.32. The Bertz CT molecular complexity index is 810. The maximum Gasteiger partial charge on any atom is 0.225 e. The number of carbonyl (C=O) groups excluding carboxylic acids is 2. The van der Waals surface area contributed by atoms with Gasteiger partial charge < -0.3 is 19.7 Å². The van der Waals surface area contributed by atoms with Crippen LogP contribution in [0.25, 0.3) is 0 Å². The lowest BCUT2D eigenvalue weighted by atomic mass is 9.71. The molecular weight excluding hydrogens is 404 g/mol. The molecule has 0 bridgehead atoms. The summed E-state index contributed by atoms with van der Waals surface area (Å²) in [5.74, 6) is 0.497. The fraction of sp³-hybridized carbons (Fsp3) is 0.692. The lowest BCUT2D eigenvalue weighted by molar-refractivity contribution is -0.138. The number of likely N-dealkylation sites (tertiary alicyclic amines) is 1. The second-order valence-electron chi connectivity index (χ2n) is 9.98. The molecule has 176 valence electrons. The van der Waals surface area contributed by atoms with Crippen molar-refractivity contribution in [1.29, 1.82) is 0 Å². The van der Waals surface area contributed by atoms with Gasteiger partial charge in [0.25, 0.3) is 0 Å². The van der Waals surface area contributed by atoms with Crippen LogP contribution < -0.4 is 5.32 Å². The number of fused-ring (bicyclic) bond motifs is 2. The first kappa shape index (κ1) is 23.2. The fourth-order valence-electron chi connectivity index (χ4n) is 5.96. The van der Waals surface area contributed by atoms with Gasteiger partial charge >= 0.3 is 0 Å². The van der Waals surface area contributed by atoms with E-state index in [4.69, 9.17) is 9.47 Å². The van der Waals surface area contributed by atoms with Crippen molar-refractivity contribution in [3.05, 3.63) is 35.4 Å². The van der Waals surface area contributed by atoms with E-state index in [-0.39, 0.29) is 35.3 Å². The van der Waals surface area contributed by atoms with Crippen LogP contribution in [0.2, 0.25) is 0 Å². The van der Waals surface area contributed by atoms with E-state index in [1.54, 1.807) is 7.11 Å². The molecule has 1 heterocycles. The first-order chi connectivity index (χ1) is 15.5. The number of nitrogens with zero attached hydrogens (tertiary/aromatic N) is 1. The summed E-state index contributed by atoms with van der Waals surface area (Å²) in [5.41, 5.74) is 2.22. The minimum atomic E-state index is -0.203. The van der Waals surface area contributed by atoms with Gasteiger partial charge in [-0.25, -0.2) is 0 Å². The van der Waals surface area contributed by atoms with Crippen molar-refractivity contribution >= 4 is 11.8 Å². The van der Waals surface area contributed by atoms with Gasteiger partial charge in [0.05, 0.1) is 25.4 Å². The molecule has 0 aromatic heterocycles. The van der Waals surface area contributed by atoms with Gasteiger partial charge in [-0.3, -0.25) is 9.59 Å². The van der Waals surface area contributed by atoms with Gasteiger partial charge in [-0.2, -0.15) is 0 Å². The Morgan fingerprint density at radius 3 is 2.47 bits per heavy atom. The number of benzene rings is 1. The minimum Gasteiger partial charge on any atom is -0.382 e. The van der Waals surface area contributed by atoms with Crippen molar-refractivity contribution < 1.29 is 19.1 Å². The molecule has 1 aromatic carbocycles. The van der Waals surface area contributed by atoms with Crippen LogP contribution in [0.1, 0.15) is 69.5 Å². The number of methoxy groups -OCH3 is 1. The zero-order valence-electron chi connectivity index (χ0n) is 19.8. The van der Waals surface area contributed by atoms with E-state index < -0.39 is 0 Å². The molecule has 2 atom stereocenters. The van der Waals surface area contributed by atoms with Crippen LogP contribution in [0, 0.1) is 11.8 Å². The van der Waals surface area contributed by atoms with Crippen LogP contribution in [-0.4, -0.2) is 56.2 Å². The summed E-state index contributed by atoms with van der Waals surface area (Å²) in [7, 11) is 1.67. The highest BCUT2D eigenvalue weighted by Crippen LogP contribution is 2.52. The van der Waals surface area contributed by atoms with E-state index >= 15 is 0 Å². The SMILES string of the molecule is COCCO[C@H]1[C@H](NC(=O)C(C)C)c2ccccc2C12CCN(C(=O)C1CCCC1)CC2. The number of piperidine rings is 1. The second-order valence-corrected chi connectivity index (χ2v) is 9.98. The highest BCUT2D eigenvalue weighted by atomic mass is 16.5. The van der Waals surface area contributed by atoms with E-state index in [0.717, 1.165) is 44.3 Å². The molecule has 1 saturated carbocycles. The van der Waals surface area contributed by atoms with Crippen LogP contribution >= 0.6 is 0 Å². The van der Waals surface area contributed by atoms with E-state index in [9.17, 15) is 9.59 Å². The molecule has 6 heteroatoms. The van der Waals surface area contributed by atoms with E-state index in [2.05, 4.69) is 28.4 Å². The molecule has 3 aliphatic rings. The largest absolute Gasteiger partial charge is 0.382 e. The number of hydrogen-bond acceptors (Lipinski definition) is 4. The zero-order valence-corrected chi connectivity index (χ0v) is 19.8. The number of carbonyl (C=O) groups is 2. The van der Waals surface area contributed by atoms with E-state index in [0.29, 0.717) is 19.1 Å². The van der Waals surface area contributed by atoms with Crippen LogP contribution in [0.4, 0.5) is 0 Å². The van der Waals surface area contributed by atoms with Crippen molar-refractivity contribution in [3.63, 3.8) is 0 Å². The molecule has 1 saturated heterocycles. The Hall–Kier alpha value is -1.92. The maximum atomic E-state index is 13.0. The highest BCUT2D eigenvalue weighted by Gasteiger charge is 2.54. The van der Waals surface area contributed by atoms with Gasteiger partial charge in [0.1, 0.15) is 0 Å². The normalized spacial score (nSPS) is 24.8. The molecule has 1 aliphatic heterocycles. The molecule has 0 radical (unpaired) electrons. The number of rotatable bonds is 7. The molecule has 1 spiro atoms. The predicted molar refractivity (Wildman–Crippen MR) is 123 cm³/mol. The fourth-order valence-corrected chi connectivity index (χ4v) is 5.96. The van der Waals surface area contributed by atoms with Crippen LogP contribution in [0.15, 0.2) is 24.3 Å². The Balaban J connectivity index is 1.60. The maximum absolute atomic E-state index is 13.0. The standard InChI is InChI=1S/C26H38N2O4/c1-18(2)24(29)27-22-20-10-6-7-11-21(20)26(23(22)32-17-16-31-3)12-14-28(15-13-26)25(30)19-8-4-5-9-19/h6-7,10-11,18-19,22-23H,4-5,8-9,12-17H2,1-3H3,(H,27,29)/t22-,23+/m1/s1. The summed E-state index contributed by atoms with van der Waals surface area (Å²) >= 11 is 0. The van der Waals surface area contributed by atoms with Gasteiger partial charge in [-0.05, 0) is 36.8 Å². The number of amides is 2. The minimum absolute atomic E-state index is 0.0380. The Kier molecular flexibility index (Phi) is 7.21. The topological polar surface area (TPSA) is 67.9 Å². The predicted octanol–water partition coefficient (Wildman–Crippen LogP) is 3.60. The number of hydrogen-bond donors (Lipinski definition) is 1. The van der Waals surface area contributed by atoms with Crippen molar-refractivity contribution in [2.24, 2.45) is 11.8 Å². The zero-order chi connectivity index (χ0) is 22.7.